The summed E-state index contributed by atoms with van der Waals surface area (Å²) in [5.74, 6) is -0.0562. The van der Waals surface area contributed by atoms with Gasteiger partial charge in [-0.15, -0.1) is 0 Å². The summed E-state index contributed by atoms with van der Waals surface area (Å²) in [6.45, 7) is 4.40. The van der Waals surface area contributed by atoms with Crippen molar-refractivity contribution in [2.24, 2.45) is 0 Å². The first kappa shape index (κ1) is 15.9. The number of halogens is 1. The van der Waals surface area contributed by atoms with E-state index in [2.05, 4.69) is 26.2 Å². The van der Waals surface area contributed by atoms with Crippen LogP contribution in [0.25, 0.3) is 0 Å². The highest BCUT2D eigenvalue weighted by atomic mass is 79.9. The van der Waals surface area contributed by atoms with Crippen molar-refractivity contribution < 1.29 is 9.59 Å². The van der Waals surface area contributed by atoms with E-state index in [1.54, 1.807) is 17.3 Å². The van der Waals surface area contributed by atoms with Gasteiger partial charge in [0, 0.05) is 35.9 Å². The van der Waals surface area contributed by atoms with Gasteiger partial charge in [0.1, 0.15) is 6.04 Å². The van der Waals surface area contributed by atoms with Crippen molar-refractivity contribution >= 4 is 27.7 Å². The van der Waals surface area contributed by atoms with Crippen LogP contribution in [0, 0.1) is 0 Å². The second kappa shape index (κ2) is 7.02. The van der Waals surface area contributed by atoms with E-state index in [9.17, 15) is 9.59 Å². The monoisotopic (exact) mass is 353 g/mol. The van der Waals surface area contributed by atoms with Crippen molar-refractivity contribution in [3.05, 3.63) is 28.5 Å². The molecule has 1 aromatic heterocycles. The molecule has 0 spiro atoms. The Morgan fingerprint density at radius 1 is 1.43 bits per heavy atom. The van der Waals surface area contributed by atoms with E-state index >= 15 is 0 Å². The first-order valence-electron chi connectivity index (χ1n) is 7.20. The molecular weight excluding hydrogens is 334 g/mol. The third kappa shape index (κ3) is 4.03. The van der Waals surface area contributed by atoms with Crippen LogP contribution in [0.1, 0.15) is 38.7 Å². The van der Waals surface area contributed by atoms with Crippen molar-refractivity contribution in [3.63, 3.8) is 0 Å². The van der Waals surface area contributed by atoms with Crippen LogP contribution in [-0.4, -0.2) is 33.8 Å². The molecule has 2 amide bonds. The lowest BCUT2D eigenvalue weighted by molar-refractivity contribution is -0.135. The fourth-order valence-corrected chi connectivity index (χ4v) is 2.98. The van der Waals surface area contributed by atoms with Gasteiger partial charge in [-0.1, -0.05) is 13.3 Å². The molecule has 1 aliphatic heterocycles. The average Bonchev–Trinajstić information content (AvgIpc) is 2.51. The van der Waals surface area contributed by atoms with E-state index in [-0.39, 0.29) is 17.9 Å². The molecule has 0 bridgehead atoms. The Labute approximate surface area is 133 Å². The molecule has 1 aromatic rings. The number of hydrogen-bond acceptors (Lipinski definition) is 3. The number of aromatic nitrogens is 1. The largest absolute Gasteiger partial charge is 0.344 e. The lowest BCUT2D eigenvalue weighted by atomic mass is 10.1. The van der Waals surface area contributed by atoms with Crippen molar-refractivity contribution in [2.45, 2.75) is 51.7 Å². The highest BCUT2D eigenvalue weighted by Gasteiger charge is 2.33. The van der Waals surface area contributed by atoms with Gasteiger partial charge in [0.05, 0.1) is 0 Å². The summed E-state index contributed by atoms with van der Waals surface area (Å²) in [6, 6.07) is 1.42. The van der Waals surface area contributed by atoms with Gasteiger partial charge >= 0.3 is 0 Å². The van der Waals surface area contributed by atoms with Crippen LogP contribution in [0.15, 0.2) is 22.9 Å². The van der Waals surface area contributed by atoms with Gasteiger partial charge in [0.2, 0.25) is 11.8 Å². The fourth-order valence-electron chi connectivity index (χ4n) is 2.57. The maximum atomic E-state index is 12.7. The zero-order valence-corrected chi connectivity index (χ0v) is 13.9. The summed E-state index contributed by atoms with van der Waals surface area (Å²) in [7, 11) is 0. The predicted molar refractivity (Wildman–Crippen MR) is 83.4 cm³/mol. The van der Waals surface area contributed by atoms with Crippen LogP contribution in [-0.2, 0) is 16.1 Å². The van der Waals surface area contributed by atoms with Crippen molar-refractivity contribution in [2.75, 3.05) is 0 Å². The minimum Gasteiger partial charge on any atom is -0.344 e. The molecule has 1 aliphatic rings. The Morgan fingerprint density at radius 3 is 2.86 bits per heavy atom. The maximum absolute atomic E-state index is 12.7. The van der Waals surface area contributed by atoms with Gasteiger partial charge in [-0.2, -0.15) is 0 Å². The van der Waals surface area contributed by atoms with Gasteiger partial charge in [-0.05, 0) is 40.9 Å². The van der Waals surface area contributed by atoms with E-state index in [0.29, 0.717) is 19.4 Å². The third-order valence-corrected chi connectivity index (χ3v) is 4.05. The Kier molecular flexibility index (Phi) is 5.33. The van der Waals surface area contributed by atoms with Crippen molar-refractivity contribution in [1.29, 1.82) is 0 Å². The first-order valence-corrected chi connectivity index (χ1v) is 7.99. The van der Waals surface area contributed by atoms with Crippen molar-refractivity contribution in [3.8, 4) is 0 Å². The minimum absolute atomic E-state index is 0.00447. The molecule has 2 rings (SSSR count). The van der Waals surface area contributed by atoms with E-state index in [4.69, 9.17) is 0 Å². The summed E-state index contributed by atoms with van der Waals surface area (Å²) in [5.41, 5.74) is 0.953. The van der Waals surface area contributed by atoms with Crippen LogP contribution < -0.4 is 5.32 Å². The summed E-state index contributed by atoms with van der Waals surface area (Å²) >= 11 is 3.39. The van der Waals surface area contributed by atoms with Crippen LogP contribution in [0.5, 0.6) is 0 Å². The lowest BCUT2D eigenvalue weighted by Crippen LogP contribution is -2.45. The molecule has 1 fully saturated rings. The summed E-state index contributed by atoms with van der Waals surface area (Å²) in [5, 5.41) is 2.83. The Bertz CT molecular complexity index is 535. The molecule has 0 saturated carbocycles. The van der Waals surface area contributed by atoms with Gasteiger partial charge in [-0.3, -0.25) is 14.6 Å². The molecule has 2 unspecified atom stereocenters. The molecule has 5 nitrogen and oxygen atoms in total. The molecule has 0 aromatic carbocycles. The molecule has 0 aliphatic carbocycles. The van der Waals surface area contributed by atoms with Crippen LogP contribution in [0.4, 0.5) is 0 Å². The van der Waals surface area contributed by atoms with Crippen LogP contribution >= 0.6 is 15.9 Å². The van der Waals surface area contributed by atoms with Gasteiger partial charge in [0.25, 0.3) is 0 Å². The highest BCUT2D eigenvalue weighted by Crippen LogP contribution is 2.18. The number of rotatable bonds is 4. The summed E-state index contributed by atoms with van der Waals surface area (Å²) in [6.07, 6.45) is 5.33. The standard InChI is InChI=1S/C15H20BrN3O2/c1-3-4-13-15(21)19(10(2)5-14(20)18-13)9-11-6-12(16)8-17-7-11/h6-8,10,13H,3-5,9H2,1-2H3,(H,18,20). The molecule has 21 heavy (non-hydrogen) atoms. The normalized spacial score (nSPS) is 22.9. The molecule has 1 N–H and O–H groups in total. The molecule has 6 heteroatoms. The quantitative estimate of drug-likeness (QED) is 0.902. The number of hydrogen-bond donors (Lipinski definition) is 1. The number of pyridine rings is 1. The zero-order chi connectivity index (χ0) is 15.4. The van der Waals surface area contributed by atoms with Gasteiger partial charge in [-0.25, -0.2) is 0 Å². The number of nitrogens with one attached hydrogen (secondary N) is 1. The number of carbonyl (C=O) groups is 2. The first-order chi connectivity index (χ1) is 10.0. The molecule has 1 saturated heterocycles. The number of nitrogens with zero attached hydrogens (tertiary/aromatic N) is 2. The lowest BCUT2D eigenvalue weighted by Gasteiger charge is -2.28. The van der Waals surface area contributed by atoms with Crippen LogP contribution in [0.2, 0.25) is 0 Å². The zero-order valence-electron chi connectivity index (χ0n) is 12.3. The number of amides is 2. The molecule has 0 radical (unpaired) electrons. The van der Waals surface area contributed by atoms with Gasteiger partial charge in [0.15, 0.2) is 0 Å². The van der Waals surface area contributed by atoms with Crippen LogP contribution in [0.3, 0.4) is 0 Å². The second-order valence-corrected chi connectivity index (χ2v) is 6.36. The average molecular weight is 354 g/mol. The SMILES string of the molecule is CCCC1NC(=O)CC(C)N(Cc2cncc(Br)c2)C1=O. The van der Waals surface area contributed by atoms with E-state index in [0.717, 1.165) is 16.5 Å². The second-order valence-electron chi connectivity index (χ2n) is 5.44. The minimum atomic E-state index is -0.410. The Balaban J connectivity index is 2.21. The Hall–Kier alpha value is -1.43. The van der Waals surface area contributed by atoms with E-state index in [1.165, 1.54) is 0 Å². The maximum Gasteiger partial charge on any atom is 0.245 e. The topological polar surface area (TPSA) is 62.3 Å². The summed E-state index contributed by atoms with van der Waals surface area (Å²) in [4.78, 5) is 30.4. The summed E-state index contributed by atoms with van der Waals surface area (Å²) < 4.78 is 0.884. The molecule has 2 atom stereocenters. The Morgan fingerprint density at radius 2 is 2.19 bits per heavy atom. The third-order valence-electron chi connectivity index (χ3n) is 3.62. The molecule has 2 heterocycles. The van der Waals surface area contributed by atoms with Gasteiger partial charge < -0.3 is 10.2 Å². The van der Waals surface area contributed by atoms with E-state index < -0.39 is 6.04 Å². The fraction of sp³-hybridized carbons (Fsp3) is 0.533. The highest BCUT2D eigenvalue weighted by molar-refractivity contribution is 9.10. The number of carbonyl (C=O) groups excluding carboxylic acids is 2. The molecule has 114 valence electrons. The predicted octanol–water partition coefficient (Wildman–Crippen LogP) is 2.25. The van der Waals surface area contributed by atoms with Crippen molar-refractivity contribution in [1.82, 2.24) is 15.2 Å². The molecular formula is C15H20BrN3O2. The smallest absolute Gasteiger partial charge is 0.245 e. The van der Waals surface area contributed by atoms with E-state index in [1.807, 2.05) is 19.9 Å².